The topological polar surface area (TPSA) is 26.3 Å². The normalized spacial score (nSPS) is 20.7. The molecule has 0 saturated carbocycles. The Balaban J connectivity index is 2.48. The highest BCUT2D eigenvalue weighted by molar-refractivity contribution is 5.83. The van der Waals surface area contributed by atoms with Gasteiger partial charge in [0.05, 0.1) is 6.61 Å². The third-order valence-corrected chi connectivity index (χ3v) is 5.28. The third kappa shape index (κ3) is 7.85. The van der Waals surface area contributed by atoms with Gasteiger partial charge in [0.2, 0.25) is 0 Å². The smallest absolute Gasteiger partial charge is 0.331 e. The molecule has 2 heteroatoms. The number of hydrogen-bond acceptors (Lipinski definition) is 2. The average Bonchev–Trinajstić information content (AvgIpc) is 2.52. The predicted octanol–water partition coefficient (Wildman–Crippen LogP) is 6.07. The van der Waals surface area contributed by atoms with Crippen molar-refractivity contribution in [1.29, 1.82) is 0 Å². The lowest BCUT2D eigenvalue weighted by Gasteiger charge is -2.22. The molecule has 0 amide bonds. The molecule has 0 saturated heterocycles. The maximum absolute atomic E-state index is 11.6. The van der Waals surface area contributed by atoms with Crippen LogP contribution in [-0.2, 0) is 9.53 Å². The van der Waals surface area contributed by atoms with E-state index >= 15 is 0 Å². The fourth-order valence-corrected chi connectivity index (χ4v) is 3.32. The Kier molecular flexibility index (Phi) is 9.28. The van der Waals surface area contributed by atoms with Gasteiger partial charge in [0.15, 0.2) is 0 Å². The van der Waals surface area contributed by atoms with E-state index in [4.69, 9.17) is 4.74 Å². The summed E-state index contributed by atoms with van der Waals surface area (Å²) in [5.41, 5.74) is 2.65. The molecule has 132 valence electrons. The molecule has 0 aliphatic heterocycles. The molecule has 0 N–H and O–H groups in total. The van der Waals surface area contributed by atoms with Crippen molar-refractivity contribution in [2.24, 2.45) is 17.8 Å². The fraction of sp³-hybridized carbons (Fsp3) is 0.762. The summed E-state index contributed by atoms with van der Waals surface area (Å²) in [4.78, 5) is 11.6. The highest BCUT2D eigenvalue weighted by Gasteiger charge is 2.15. The number of rotatable bonds is 9. The number of ether oxygens (including phenoxy) is 1. The molecule has 0 fully saturated rings. The Labute approximate surface area is 143 Å². The first-order valence-corrected chi connectivity index (χ1v) is 9.52. The molecular formula is C21H36O2. The van der Waals surface area contributed by atoms with E-state index in [2.05, 4.69) is 33.8 Å². The summed E-state index contributed by atoms with van der Waals surface area (Å²) >= 11 is 0. The standard InChI is InChI=1S/C21H36O2/c1-6-17(4)18(5)12-11-16(3)13-19-9-8-10-20(14-19)15-21(22)23-7-2/h14-18H,6-13H2,1-5H3/b20-15+. The van der Waals surface area contributed by atoms with Crippen molar-refractivity contribution in [3.63, 3.8) is 0 Å². The van der Waals surface area contributed by atoms with Gasteiger partial charge in [0, 0.05) is 6.08 Å². The first kappa shape index (κ1) is 20.0. The summed E-state index contributed by atoms with van der Waals surface area (Å²) in [6.07, 6.45) is 12.4. The van der Waals surface area contributed by atoms with Crippen LogP contribution in [0.15, 0.2) is 23.3 Å². The van der Waals surface area contributed by atoms with E-state index in [0.717, 1.165) is 36.2 Å². The molecule has 23 heavy (non-hydrogen) atoms. The molecule has 0 spiro atoms. The van der Waals surface area contributed by atoms with Gasteiger partial charge in [-0.2, -0.15) is 0 Å². The molecular weight excluding hydrogens is 284 g/mol. The average molecular weight is 321 g/mol. The van der Waals surface area contributed by atoms with Crippen LogP contribution in [-0.4, -0.2) is 12.6 Å². The highest BCUT2D eigenvalue weighted by Crippen LogP contribution is 2.30. The summed E-state index contributed by atoms with van der Waals surface area (Å²) in [5.74, 6) is 2.18. The molecule has 1 rings (SSSR count). The van der Waals surface area contributed by atoms with E-state index < -0.39 is 0 Å². The molecule has 0 aromatic carbocycles. The van der Waals surface area contributed by atoms with Gasteiger partial charge in [0.1, 0.15) is 0 Å². The molecule has 3 atom stereocenters. The Hall–Kier alpha value is -1.05. The number of carbonyl (C=O) groups excluding carboxylic acids is 1. The van der Waals surface area contributed by atoms with Gasteiger partial charge in [-0.25, -0.2) is 4.79 Å². The molecule has 1 aliphatic carbocycles. The van der Waals surface area contributed by atoms with Gasteiger partial charge >= 0.3 is 5.97 Å². The van der Waals surface area contributed by atoms with E-state index in [1.807, 2.05) is 6.92 Å². The fourth-order valence-electron chi connectivity index (χ4n) is 3.32. The van der Waals surface area contributed by atoms with Gasteiger partial charge in [-0.3, -0.25) is 0 Å². The molecule has 0 aromatic rings. The van der Waals surface area contributed by atoms with Crippen LogP contribution in [0.4, 0.5) is 0 Å². The molecule has 0 bridgehead atoms. The second-order valence-corrected chi connectivity index (χ2v) is 7.38. The van der Waals surface area contributed by atoms with E-state index in [-0.39, 0.29) is 5.97 Å². The molecule has 0 radical (unpaired) electrons. The van der Waals surface area contributed by atoms with Gasteiger partial charge in [-0.15, -0.1) is 0 Å². The summed E-state index contributed by atoms with van der Waals surface area (Å²) in [6, 6.07) is 0. The zero-order valence-corrected chi connectivity index (χ0v) is 15.9. The van der Waals surface area contributed by atoms with Crippen molar-refractivity contribution < 1.29 is 9.53 Å². The van der Waals surface area contributed by atoms with Gasteiger partial charge in [0.25, 0.3) is 0 Å². The van der Waals surface area contributed by atoms with Crippen LogP contribution in [0.25, 0.3) is 0 Å². The predicted molar refractivity (Wildman–Crippen MR) is 98.3 cm³/mol. The van der Waals surface area contributed by atoms with Crippen LogP contribution in [0.1, 0.15) is 79.6 Å². The van der Waals surface area contributed by atoms with Crippen molar-refractivity contribution in [2.45, 2.75) is 79.6 Å². The van der Waals surface area contributed by atoms with Gasteiger partial charge in [-0.1, -0.05) is 58.6 Å². The minimum absolute atomic E-state index is 0.199. The Bertz CT molecular complexity index is 420. The molecule has 1 aliphatic rings. The van der Waals surface area contributed by atoms with Crippen molar-refractivity contribution >= 4 is 5.97 Å². The highest BCUT2D eigenvalue weighted by atomic mass is 16.5. The minimum atomic E-state index is -0.199. The lowest BCUT2D eigenvalue weighted by atomic mass is 9.84. The lowest BCUT2D eigenvalue weighted by Crippen LogP contribution is -2.09. The Morgan fingerprint density at radius 2 is 1.91 bits per heavy atom. The number of carbonyl (C=O) groups is 1. The SMILES string of the molecule is CCOC(=O)/C=C1/C=C(CC(C)CCC(C)C(C)CC)CCC1. The van der Waals surface area contributed by atoms with E-state index in [0.29, 0.717) is 6.61 Å². The van der Waals surface area contributed by atoms with Crippen LogP contribution >= 0.6 is 0 Å². The molecule has 0 heterocycles. The quantitative estimate of drug-likeness (QED) is 0.380. The van der Waals surface area contributed by atoms with Crippen LogP contribution in [0, 0.1) is 17.8 Å². The molecule has 3 unspecified atom stereocenters. The number of hydrogen-bond donors (Lipinski definition) is 0. The Morgan fingerprint density at radius 1 is 1.17 bits per heavy atom. The van der Waals surface area contributed by atoms with Crippen LogP contribution in [0.3, 0.4) is 0 Å². The summed E-state index contributed by atoms with van der Waals surface area (Å²) < 4.78 is 5.01. The van der Waals surface area contributed by atoms with E-state index in [9.17, 15) is 4.79 Å². The first-order chi connectivity index (χ1) is 11.0. The molecule has 2 nitrogen and oxygen atoms in total. The second-order valence-electron chi connectivity index (χ2n) is 7.38. The van der Waals surface area contributed by atoms with E-state index in [1.54, 1.807) is 6.08 Å². The van der Waals surface area contributed by atoms with E-state index in [1.165, 1.54) is 37.7 Å². The molecule has 0 aromatic heterocycles. The largest absolute Gasteiger partial charge is 0.463 e. The first-order valence-electron chi connectivity index (χ1n) is 9.52. The summed E-state index contributed by atoms with van der Waals surface area (Å²) in [6.45, 7) is 11.7. The monoisotopic (exact) mass is 320 g/mol. The maximum atomic E-state index is 11.6. The van der Waals surface area contributed by atoms with Crippen molar-refractivity contribution in [1.82, 2.24) is 0 Å². The van der Waals surface area contributed by atoms with Crippen molar-refractivity contribution in [3.8, 4) is 0 Å². The summed E-state index contributed by atoms with van der Waals surface area (Å²) in [5, 5.41) is 0. The van der Waals surface area contributed by atoms with Gasteiger partial charge < -0.3 is 4.74 Å². The van der Waals surface area contributed by atoms with Gasteiger partial charge in [-0.05, 0) is 55.9 Å². The number of esters is 1. The maximum Gasteiger partial charge on any atom is 0.331 e. The summed E-state index contributed by atoms with van der Waals surface area (Å²) in [7, 11) is 0. The number of allylic oxidation sites excluding steroid dienone is 3. The van der Waals surface area contributed by atoms with Crippen molar-refractivity contribution in [3.05, 3.63) is 23.3 Å². The zero-order valence-electron chi connectivity index (χ0n) is 15.9. The van der Waals surface area contributed by atoms with Crippen LogP contribution < -0.4 is 0 Å². The van der Waals surface area contributed by atoms with Crippen molar-refractivity contribution in [2.75, 3.05) is 6.61 Å². The lowest BCUT2D eigenvalue weighted by molar-refractivity contribution is -0.137. The zero-order chi connectivity index (χ0) is 17.2. The Morgan fingerprint density at radius 3 is 2.57 bits per heavy atom. The second kappa shape index (κ2) is 10.7. The minimum Gasteiger partial charge on any atom is -0.463 e. The third-order valence-electron chi connectivity index (χ3n) is 5.28. The van der Waals surface area contributed by atoms with Crippen LogP contribution in [0.5, 0.6) is 0 Å². The van der Waals surface area contributed by atoms with Crippen LogP contribution in [0.2, 0.25) is 0 Å².